The molecule has 4 saturated carbocycles. The molecule has 64 heavy (non-hydrogen) atoms. The van der Waals surface area contributed by atoms with Crippen LogP contribution in [0.5, 0.6) is 0 Å². The van der Waals surface area contributed by atoms with Crippen LogP contribution in [-0.2, 0) is 33.4 Å². The molecule has 362 valence electrons. The average molecular weight is 907 g/mol. The third kappa shape index (κ3) is 8.11. The van der Waals surface area contributed by atoms with Crippen LogP contribution in [0.15, 0.2) is 23.8 Å². The first-order chi connectivity index (χ1) is 29.7. The lowest BCUT2D eigenvalue weighted by atomic mass is 9.46. The monoisotopic (exact) mass is 907 g/mol. The molecule has 0 bridgehead atoms. The first-order valence-electron chi connectivity index (χ1n) is 23.4. The number of fused-ring (bicyclic) bond motifs is 6. The van der Waals surface area contributed by atoms with Gasteiger partial charge in [0, 0.05) is 53.1 Å². The van der Waals surface area contributed by atoms with Gasteiger partial charge in [-0.1, -0.05) is 47.6 Å². The Morgan fingerprint density at radius 3 is 2.31 bits per heavy atom. The average Bonchev–Trinajstić information content (AvgIpc) is 3.72. The summed E-state index contributed by atoms with van der Waals surface area (Å²) in [6, 6.07) is -0.712. The van der Waals surface area contributed by atoms with E-state index >= 15 is 4.39 Å². The van der Waals surface area contributed by atoms with Crippen molar-refractivity contribution in [3.63, 3.8) is 0 Å². The van der Waals surface area contributed by atoms with E-state index < -0.39 is 117 Å². The van der Waals surface area contributed by atoms with Crippen LogP contribution in [0.1, 0.15) is 107 Å². The summed E-state index contributed by atoms with van der Waals surface area (Å²) < 4.78 is 33.3. The Bertz CT molecular complexity index is 1860. The van der Waals surface area contributed by atoms with Crippen LogP contribution >= 0.6 is 0 Å². The van der Waals surface area contributed by atoms with Crippen LogP contribution in [-0.4, -0.2) is 152 Å². The number of carbonyl (C=O) groups is 4. The number of ether oxygens (including phenoxy) is 3. The maximum absolute atomic E-state index is 16.0. The van der Waals surface area contributed by atoms with Gasteiger partial charge in [-0.3, -0.25) is 19.3 Å². The van der Waals surface area contributed by atoms with Gasteiger partial charge in [-0.2, -0.15) is 0 Å². The third-order valence-corrected chi connectivity index (χ3v) is 17.5. The SMILES string of the molecule is CC[C@H]1OC(=O)[C@H](C)[C@@H](O)[C@H](C)[C@@H](O)[C@]2(O)C[C@@]2(C)CN(CCCNCCC(=O)O[C@]2(C(=O)OC)[C@H](C)CC3C4C[C@H](F)C5=CC(=O)C=C[C@]5(C)C4[C@@H](O)C[C@@]32C)[C@H](C)[C@@H](O)[C@]1(C)O. The molecule has 1 saturated heterocycles. The van der Waals surface area contributed by atoms with Gasteiger partial charge in [0.05, 0.1) is 43.4 Å². The second kappa shape index (κ2) is 18.0. The number of rotatable bonds is 10. The third-order valence-electron chi connectivity index (χ3n) is 17.5. The van der Waals surface area contributed by atoms with Crippen molar-refractivity contribution in [3.8, 4) is 0 Å². The summed E-state index contributed by atoms with van der Waals surface area (Å²) in [5.41, 5.74) is -7.70. The summed E-state index contributed by atoms with van der Waals surface area (Å²) in [5, 5.41) is 72.8. The number of nitrogens with zero attached hydrogens (tertiary/aromatic N) is 1. The quantitative estimate of drug-likeness (QED) is 0.0949. The fourth-order valence-corrected chi connectivity index (χ4v) is 13.5. The predicted octanol–water partition coefficient (Wildman–Crippen LogP) is 2.56. The number of aliphatic hydroxyl groups excluding tert-OH is 4. The second-order valence-corrected chi connectivity index (χ2v) is 21.5. The van der Waals surface area contributed by atoms with Crippen LogP contribution in [0.25, 0.3) is 0 Å². The predicted molar refractivity (Wildman–Crippen MR) is 232 cm³/mol. The molecule has 0 aromatic rings. The van der Waals surface area contributed by atoms with E-state index in [0.717, 1.165) is 0 Å². The summed E-state index contributed by atoms with van der Waals surface area (Å²) >= 11 is 0. The zero-order valence-corrected chi connectivity index (χ0v) is 39.4. The highest BCUT2D eigenvalue weighted by Crippen LogP contribution is 2.69. The molecule has 0 radical (unpaired) electrons. The normalized spacial score (nSPS) is 48.4. The molecule has 3 unspecified atom stereocenters. The van der Waals surface area contributed by atoms with E-state index in [1.165, 1.54) is 33.1 Å². The van der Waals surface area contributed by atoms with Crippen molar-refractivity contribution in [3.05, 3.63) is 23.8 Å². The van der Waals surface area contributed by atoms with E-state index in [1.807, 2.05) is 32.6 Å². The zero-order valence-electron chi connectivity index (χ0n) is 39.4. The number of nitrogens with one attached hydrogen (secondary N) is 1. The van der Waals surface area contributed by atoms with Crippen molar-refractivity contribution in [1.29, 1.82) is 0 Å². The largest absolute Gasteiger partial charge is 0.466 e. The highest BCUT2D eigenvalue weighted by atomic mass is 19.1. The molecule has 16 heteroatoms. The molecule has 5 aliphatic carbocycles. The van der Waals surface area contributed by atoms with E-state index in [4.69, 9.17) is 14.2 Å². The fraction of sp³-hybridized carbons (Fsp3) is 0.833. The molecule has 0 spiro atoms. The number of halogens is 1. The number of alkyl halides is 1. The van der Waals surface area contributed by atoms with Gasteiger partial charge in [-0.05, 0) is 102 Å². The number of allylic oxidation sites excluding steroid dienone is 4. The molecule has 1 aliphatic heterocycles. The van der Waals surface area contributed by atoms with Crippen molar-refractivity contribution in [2.75, 3.05) is 33.3 Å². The smallest absolute Gasteiger partial charge is 0.351 e. The number of aliphatic hydroxyl groups is 6. The Hall–Kier alpha value is -2.83. The highest BCUT2D eigenvalue weighted by molar-refractivity contribution is 6.01. The number of cyclic esters (lactones) is 1. The maximum Gasteiger partial charge on any atom is 0.351 e. The first kappa shape index (κ1) is 50.6. The molecule has 0 aromatic carbocycles. The lowest BCUT2D eigenvalue weighted by molar-refractivity contribution is -0.217. The van der Waals surface area contributed by atoms with Crippen molar-refractivity contribution < 1.29 is 68.4 Å². The van der Waals surface area contributed by atoms with Crippen LogP contribution in [0.4, 0.5) is 4.39 Å². The van der Waals surface area contributed by atoms with Crippen molar-refractivity contribution in [1.82, 2.24) is 10.2 Å². The lowest BCUT2D eigenvalue weighted by Crippen LogP contribution is -2.64. The number of hydrogen-bond acceptors (Lipinski definition) is 15. The Labute approximate surface area is 377 Å². The van der Waals surface area contributed by atoms with Crippen molar-refractivity contribution in [2.24, 2.45) is 51.8 Å². The van der Waals surface area contributed by atoms with Crippen LogP contribution in [0.2, 0.25) is 0 Å². The summed E-state index contributed by atoms with van der Waals surface area (Å²) in [7, 11) is 1.24. The van der Waals surface area contributed by atoms with Gasteiger partial charge in [0.1, 0.15) is 24.0 Å². The molecule has 7 N–H and O–H groups in total. The van der Waals surface area contributed by atoms with Crippen LogP contribution in [0, 0.1) is 51.8 Å². The summed E-state index contributed by atoms with van der Waals surface area (Å²) in [4.78, 5) is 55.2. The van der Waals surface area contributed by atoms with E-state index in [1.54, 1.807) is 26.8 Å². The number of ketones is 1. The van der Waals surface area contributed by atoms with E-state index in [9.17, 15) is 49.8 Å². The van der Waals surface area contributed by atoms with Gasteiger partial charge < -0.3 is 50.2 Å². The second-order valence-electron chi connectivity index (χ2n) is 21.5. The van der Waals surface area contributed by atoms with E-state index in [2.05, 4.69) is 5.32 Å². The van der Waals surface area contributed by atoms with Crippen molar-refractivity contribution >= 4 is 23.7 Å². The molecule has 1 heterocycles. The Balaban J connectivity index is 1.12. The standard InChI is InChI=1S/C48H75FN2O13/c1-11-35-46(9,60)40(57)28(5)51(24-43(6)23-47(43,61)39(56)26(3)38(55)27(4)41(58)63-35)18-12-16-50-17-14-36(54)64-48(42(59)62-10)25(2)19-31-30-21-33(49)32-20-29(52)13-15-44(32,7)37(30)34(53)22-45(31,48)8/h13,15,20,25-28,30-31,33-35,37-40,50,53,55-57,60-61H,11-12,14,16-19,21-24H2,1-10H3/t25-,26+,27-,28-,30?,31?,33+,34+,35-,37?,38+,39-,40-,43+,44+,45+,46-,47-,48+/m1/s1. The Kier molecular flexibility index (Phi) is 14.2. The number of esters is 3. The molecule has 19 atom stereocenters. The van der Waals surface area contributed by atoms with E-state index in [0.29, 0.717) is 31.5 Å². The van der Waals surface area contributed by atoms with Gasteiger partial charge in [0.2, 0.25) is 5.60 Å². The topological polar surface area (TPSA) is 233 Å². The summed E-state index contributed by atoms with van der Waals surface area (Å²) in [6.07, 6.45) is -1.81. The van der Waals surface area contributed by atoms with Crippen molar-refractivity contribution in [2.45, 2.75) is 167 Å². The maximum atomic E-state index is 16.0. The first-order valence-corrected chi connectivity index (χ1v) is 23.4. The molecule has 6 rings (SSSR count). The molecule has 6 aliphatic rings. The minimum atomic E-state index is -1.90. The number of carbonyl (C=O) groups excluding carboxylic acids is 4. The highest BCUT2D eigenvalue weighted by Gasteiger charge is 2.75. The fourth-order valence-electron chi connectivity index (χ4n) is 13.5. The lowest BCUT2D eigenvalue weighted by Gasteiger charge is -2.60. The summed E-state index contributed by atoms with van der Waals surface area (Å²) in [5.74, 6) is -6.02. The molecule has 0 amide bonds. The van der Waals surface area contributed by atoms with Gasteiger partial charge >= 0.3 is 17.9 Å². The van der Waals surface area contributed by atoms with Gasteiger partial charge in [-0.15, -0.1) is 0 Å². The number of hydrogen-bond donors (Lipinski definition) is 7. The van der Waals surface area contributed by atoms with Gasteiger partial charge in [-0.25, -0.2) is 9.18 Å². The van der Waals surface area contributed by atoms with Crippen LogP contribution in [0.3, 0.4) is 0 Å². The molecule has 15 nitrogen and oxygen atoms in total. The van der Waals surface area contributed by atoms with Gasteiger partial charge in [0.15, 0.2) is 5.78 Å². The zero-order chi connectivity index (χ0) is 47.7. The van der Waals surface area contributed by atoms with Crippen LogP contribution < -0.4 is 5.32 Å². The molecule has 5 fully saturated rings. The van der Waals surface area contributed by atoms with E-state index in [-0.39, 0.29) is 62.8 Å². The Morgan fingerprint density at radius 1 is 1.00 bits per heavy atom. The molecular formula is C48H75FN2O13. The Morgan fingerprint density at radius 2 is 1.67 bits per heavy atom. The molecular weight excluding hydrogens is 832 g/mol. The number of methoxy groups -OCH3 is 1. The van der Waals surface area contributed by atoms with Gasteiger partial charge in [0.25, 0.3) is 0 Å². The minimum Gasteiger partial charge on any atom is -0.466 e. The molecule has 0 aromatic heterocycles. The summed E-state index contributed by atoms with van der Waals surface area (Å²) in [6.45, 7) is 16.4. The minimum absolute atomic E-state index is 0.0697.